The highest BCUT2D eigenvalue weighted by atomic mass is 35.5. The Morgan fingerprint density at radius 3 is 2.56 bits per heavy atom. The summed E-state index contributed by atoms with van der Waals surface area (Å²) < 4.78 is 31.8. The van der Waals surface area contributed by atoms with Crippen molar-refractivity contribution >= 4 is 23.3 Å². The number of carbonyl (C=O) groups is 2. The van der Waals surface area contributed by atoms with Crippen LogP contribution in [-0.2, 0) is 16.0 Å². The van der Waals surface area contributed by atoms with Gasteiger partial charge in [-0.25, -0.2) is 9.37 Å². The number of ketones is 1. The van der Waals surface area contributed by atoms with Crippen molar-refractivity contribution in [3.05, 3.63) is 93.6 Å². The van der Waals surface area contributed by atoms with E-state index in [1.807, 2.05) is 0 Å². The minimum atomic E-state index is -0.938. The standard InChI is InChI=1S/C28H25ClFN3O6/c1-37-8-7-23(24(34)10-16-3-5-19(28(31)36)22(30)9-16)33-14-26(38-2)21(12-27(33)35)20-11-17(29)4-6-18(20)25-13-32-15-39-25/h3-6,9,11-15,23H,7-8,10H2,1-2H3,(H2,31,36). The molecule has 1 atom stereocenters. The Balaban J connectivity index is 1.75. The van der Waals surface area contributed by atoms with Crippen molar-refractivity contribution in [3.8, 4) is 28.2 Å². The number of benzene rings is 2. The first-order valence-electron chi connectivity index (χ1n) is 11.8. The number of aromatic nitrogens is 2. The molecule has 0 saturated heterocycles. The van der Waals surface area contributed by atoms with Crippen LogP contribution >= 0.6 is 11.6 Å². The summed E-state index contributed by atoms with van der Waals surface area (Å²) in [7, 11) is 2.93. The maximum absolute atomic E-state index is 14.3. The number of hydrogen-bond donors (Lipinski definition) is 1. The number of pyridine rings is 1. The highest BCUT2D eigenvalue weighted by Crippen LogP contribution is 2.38. The fourth-order valence-electron chi connectivity index (χ4n) is 4.32. The van der Waals surface area contributed by atoms with Crippen LogP contribution in [0.1, 0.15) is 28.4 Å². The molecule has 2 N–H and O–H groups in total. The zero-order chi connectivity index (χ0) is 28.1. The Bertz CT molecular complexity index is 1570. The van der Waals surface area contributed by atoms with Crippen LogP contribution in [0.2, 0.25) is 5.02 Å². The van der Waals surface area contributed by atoms with Gasteiger partial charge in [0, 0.05) is 42.4 Å². The summed E-state index contributed by atoms with van der Waals surface area (Å²) in [5.41, 5.74) is 6.40. The number of carbonyl (C=O) groups excluding carboxylic acids is 2. The van der Waals surface area contributed by atoms with Crippen molar-refractivity contribution in [1.29, 1.82) is 0 Å². The van der Waals surface area contributed by atoms with Crippen molar-refractivity contribution in [2.24, 2.45) is 5.73 Å². The molecule has 0 spiro atoms. The van der Waals surface area contributed by atoms with Gasteiger partial charge >= 0.3 is 0 Å². The molecule has 2 heterocycles. The number of nitrogens with two attached hydrogens (primary N) is 1. The quantitative estimate of drug-likeness (QED) is 0.290. The maximum Gasteiger partial charge on any atom is 0.252 e. The molecule has 0 bridgehead atoms. The number of methoxy groups -OCH3 is 2. The highest BCUT2D eigenvalue weighted by molar-refractivity contribution is 6.31. The number of hydrogen-bond acceptors (Lipinski definition) is 7. The van der Waals surface area contributed by atoms with Crippen LogP contribution in [0.25, 0.3) is 22.5 Å². The van der Waals surface area contributed by atoms with E-state index in [1.54, 1.807) is 24.4 Å². The van der Waals surface area contributed by atoms with Crippen molar-refractivity contribution in [1.82, 2.24) is 9.55 Å². The Morgan fingerprint density at radius 1 is 1.13 bits per heavy atom. The average Bonchev–Trinajstić information content (AvgIpc) is 3.44. The fourth-order valence-corrected chi connectivity index (χ4v) is 4.49. The van der Waals surface area contributed by atoms with Gasteiger partial charge in [0.25, 0.3) is 11.5 Å². The third kappa shape index (κ3) is 6.08. The minimum absolute atomic E-state index is 0.181. The molecule has 1 unspecified atom stereocenters. The third-order valence-corrected chi connectivity index (χ3v) is 6.45. The van der Waals surface area contributed by atoms with Gasteiger partial charge in [-0.1, -0.05) is 17.7 Å². The Morgan fingerprint density at radius 2 is 1.92 bits per heavy atom. The number of halogens is 2. The van der Waals surface area contributed by atoms with Gasteiger partial charge in [-0.05, 0) is 47.9 Å². The normalized spacial score (nSPS) is 11.8. The van der Waals surface area contributed by atoms with Gasteiger partial charge in [0.1, 0.15) is 11.6 Å². The Labute approximate surface area is 227 Å². The summed E-state index contributed by atoms with van der Waals surface area (Å²) in [6.45, 7) is 0.186. The van der Waals surface area contributed by atoms with Crippen LogP contribution in [0.5, 0.6) is 5.75 Å². The van der Waals surface area contributed by atoms with Gasteiger partial charge in [-0.3, -0.25) is 14.4 Å². The average molecular weight is 554 g/mol. The zero-order valence-electron chi connectivity index (χ0n) is 21.1. The number of nitrogens with zero attached hydrogens (tertiary/aromatic N) is 2. The summed E-state index contributed by atoms with van der Waals surface area (Å²) >= 11 is 6.28. The minimum Gasteiger partial charge on any atom is -0.495 e. The monoisotopic (exact) mass is 553 g/mol. The molecule has 1 amide bonds. The summed E-state index contributed by atoms with van der Waals surface area (Å²) in [6, 6.07) is 9.30. The number of Topliss-reactive ketones (excluding diaryl/α,β-unsaturated/α-hetero) is 1. The lowest BCUT2D eigenvalue weighted by Crippen LogP contribution is -2.31. The molecule has 0 aliphatic heterocycles. The molecule has 0 aliphatic carbocycles. The second-order valence-corrected chi connectivity index (χ2v) is 9.11. The van der Waals surface area contributed by atoms with Gasteiger partial charge in [-0.2, -0.15) is 0 Å². The molecule has 0 fully saturated rings. The lowest BCUT2D eigenvalue weighted by molar-refractivity contribution is -0.122. The fraction of sp³-hybridized carbons (Fsp3) is 0.214. The largest absolute Gasteiger partial charge is 0.495 e. The van der Waals surface area contributed by atoms with E-state index in [4.69, 9.17) is 31.2 Å². The maximum atomic E-state index is 14.3. The molecule has 0 aliphatic rings. The number of ether oxygens (including phenoxy) is 2. The lowest BCUT2D eigenvalue weighted by atomic mass is 9.97. The van der Waals surface area contributed by atoms with Gasteiger partial charge in [0.05, 0.1) is 31.1 Å². The number of primary amides is 1. The van der Waals surface area contributed by atoms with Crippen molar-refractivity contribution in [2.75, 3.05) is 20.8 Å². The van der Waals surface area contributed by atoms with E-state index in [0.29, 0.717) is 38.8 Å². The van der Waals surface area contributed by atoms with Crippen LogP contribution < -0.4 is 16.0 Å². The Hall–Kier alpha value is -4.28. The van der Waals surface area contributed by atoms with Crippen molar-refractivity contribution in [3.63, 3.8) is 0 Å². The summed E-state index contributed by atoms with van der Waals surface area (Å²) in [5.74, 6) is -1.32. The molecule has 4 rings (SSSR count). The molecular formula is C28H25ClFN3O6. The first-order chi connectivity index (χ1) is 18.7. The molecule has 202 valence electrons. The molecule has 0 radical (unpaired) electrons. The van der Waals surface area contributed by atoms with E-state index in [9.17, 15) is 18.8 Å². The van der Waals surface area contributed by atoms with Crippen LogP contribution in [0.3, 0.4) is 0 Å². The second kappa shape index (κ2) is 12.1. The van der Waals surface area contributed by atoms with E-state index >= 15 is 0 Å². The van der Waals surface area contributed by atoms with Gasteiger partial charge in [0.2, 0.25) is 0 Å². The van der Waals surface area contributed by atoms with Crippen molar-refractivity contribution < 1.29 is 27.9 Å². The van der Waals surface area contributed by atoms with E-state index in [1.165, 1.54) is 49.6 Å². The van der Waals surface area contributed by atoms with E-state index in [2.05, 4.69) is 4.98 Å². The molecule has 2 aromatic heterocycles. The predicted molar refractivity (Wildman–Crippen MR) is 142 cm³/mol. The SMILES string of the molecule is COCCC(C(=O)Cc1ccc(C(N)=O)c(F)c1)n1cc(OC)c(-c2cc(Cl)ccc2-c2cnco2)cc1=O. The molecule has 11 heteroatoms. The molecule has 9 nitrogen and oxygen atoms in total. The van der Waals surface area contributed by atoms with Crippen LogP contribution in [0, 0.1) is 5.82 Å². The molecular weight excluding hydrogens is 529 g/mol. The number of rotatable bonds is 11. The van der Waals surface area contributed by atoms with E-state index < -0.39 is 23.3 Å². The molecule has 0 saturated carbocycles. The van der Waals surface area contributed by atoms with Crippen molar-refractivity contribution in [2.45, 2.75) is 18.9 Å². The number of oxazole rings is 1. The zero-order valence-corrected chi connectivity index (χ0v) is 21.9. The highest BCUT2D eigenvalue weighted by Gasteiger charge is 2.25. The third-order valence-electron chi connectivity index (χ3n) is 6.21. The molecule has 39 heavy (non-hydrogen) atoms. The first kappa shape index (κ1) is 27.7. The van der Waals surface area contributed by atoms with Crippen LogP contribution in [-0.4, -0.2) is 42.1 Å². The molecule has 4 aromatic rings. The lowest BCUT2D eigenvalue weighted by Gasteiger charge is -2.21. The number of amides is 1. The summed E-state index contributed by atoms with van der Waals surface area (Å²) in [6.07, 6.45) is 4.28. The van der Waals surface area contributed by atoms with Gasteiger partial charge in [0.15, 0.2) is 17.9 Å². The topological polar surface area (TPSA) is 127 Å². The van der Waals surface area contributed by atoms with E-state index in [0.717, 1.165) is 6.07 Å². The summed E-state index contributed by atoms with van der Waals surface area (Å²) in [4.78, 5) is 42.1. The second-order valence-electron chi connectivity index (χ2n) is 8.68. The predicted octanol–water partition coefficient (Wildman–Crippen LogP) is 4.46. The summed E-state index contributed by atoms with van der Waals surface area (Å²) in [5, 5.41) is 0.433. The van der Waals surface area contributed by atoms with E-state index in [-0.39, 0.29) is 30.8 Å². The Kier molecular flexibility index (Phi) is 8.58. The molecule has 2 aromatic carbocycles. The van der Waals surface area contributed by atoms with Crippen LogP contribution in [0.4, 0.5) is 4.39 Å². The first-order valence-corrected chi connectivity index (χ1v) is 12.2. The van der Waals surface area contributed by atoms with Crippen LogP contribution in [0.15, 0.2) is 70.5 Å². The smallest absolute Gasteiger partial charge is 0.252 e. The van der Waals surface area contributed by atoms with Gasteiger partial charge in [-0.15, -0.1) is 0 Å². The van der Waals surface area contributed by atoms with Gasteiger partial charge < -0.3 is 24.2 Å².